The van der Waals surface area contributed by atoms with Crippen LogP contribution in [-0.2, 0) is 0 Å². The van der Waals surface area contributed by atoms with Gasteiger partial charge in [0.15, 0.2) is 0 Å². The first-order valence-corrected chi connectivity index (χ1v) is 8.54. The predicted molar refractivity (Wildman–Crippen MR) is 100.0 cm³/mol. The first-order chi connectivity index (χ1) is 12.6. The Morgan fingerprint density at radius 2 is 1.69 bits per heavy atom. The average Bonchev–Trinajstić information content (AvgIpc) is 3.06. The molecule has 1 heterocycles. The van der Waals surface area contributed by atoms with Gasteiger partial charge in [0.1, 0.15) is 10.8 Å². The van der Waals surface area contributed by atoms with Crippen molar-refractivity contribution in [1.82, 2.24) is 10.2 Å². The maximum absolute atomic E-state index is 12.5. The number of hydrogen-bond acceptors (Lipinski definition) is 6. The molecule has 2 amide bonds. The Hall–Kier alpha value is -3.26. The number of rotatable bonds is 5. The zero-order chi connectivity index (χ0) is 18.5. The van der Waals surface area contributed by atoms with Gasteiger partial charge in [0.05, 0.1) is 18.4 Å². The van der Waals surface area contributed by atoms with Crippen LogP contribution in [0.25, 0.3) is 0 Å². The van der Waals surface area contributed by atoms with Gasteiger partial charge < -0.3 is 10.1 Å². The van der Waals surface area contributed by atoms with Crippen LogP contribution in [0, 0.1) is 6.92 Å². The minimum atomic E-state index is -0.369. The van der Waals surface area contributed by atoms with Gasteiger partial charge >= 0.3 is 0 Å². The number of anilines is 2. The predicted octanol–water partition coefficient (Wildman–Crippen LogP) is 3.36. The van der Waals surface area contributed by atoms with Crippen molar-refractivity contribution in [2.75, 3.05) is 17.7 Å². The van der Waals surface area contributed by atoms with E-state index in [1.807, 2.05) is 0 Å². The second-order valence-corrected chi connectivity index (χ2v) is 6.49. The molecule has 0 fully saturated rings. The number of aryl methyl sites for hydroxylation is 1. The van der Waals surface area contributed by atoms with E-state index in [9.17, 15) is 9.59 Å². The van der Waals surface area contributed by atoms with Crippen LogP contribution in [0.4, 0.5) is 10.8 Å². The Morgan fingerprint density at radius 3 is 2.35 bits per heavy atom. The van der Waals surface area contributed by atoms with Crippen LogP contribution in [0.1, 0.15) is 25.7 Å². The van der Waals surface area contributed by atoms with Crippen LogP contribution in [0.3, 0.4) is 0 Å². The van der Waals surface area contributed by atoms with Crippen molar-refractivity contribution in [1.29, 1.82) is 0 Å². The Morgan fingerprint density at radius 1 is 0.962 bits per heavy atom. The monoisotopic (exact) mass is 368 g/mol. The van der Waals surface area contributed by atoms with E-state index in [1.54, 1.807) is 62.6 Å². The summed E-state index contributed by atoms with van der Waals surface area (Å²) < 4.78 is 5.08. The second kappa shape index (κ2) is 7.75. The van der Waals surface area contributed by atoms with Gasteiger partial charge in [-0.15, -0.1) is 10.2 Å². The summed E-state index contributed by atoms with van der Waals surface area (Å²) in [5.74, 6) is -0.0277. The van der Waals surface area contributed by atoms with Crippen molar-refractivity contribution in [2.24, 2.45) is 0 Å². The average molecular weight is 368 g/mol. The Bertz CT molecular complexity index is 938. The lowest BCUT2D eigenvalue weighted by molar-refractivity contribution is 0.102. The third-order valence-electron chi connectivity index (χ3n) is 3.52. The number of amides is 2. The largest absolute Gasteiger partial charge is 0.497 e. The van der Waals surface area contributed by atoms with Crippen LogP contribution < -0.4 is 15.4 Å². The van der Waals surface area contributed by atoms with E-state index >= 15 is 0 Å². The van der Waals surface area contributed by atoms with Gasteiger partial charge in [-0.1, -0.05) is 23.5 Å². The maximum atomic E-state index is 12.5. The van der Waals surface area contributed by atoms with Crippen molar-refractivity contribution < 1.29 is 14.3 Å². The first-order valence-electron chi connectivity index (χ1n) is 7.72. The molecule has 3 aromatic rings. The molecule has 0 saturated heterocycles. The van der Waals surface area contributed by atoms with E-state index in [1.165, 1.54) is 11.3 Å². The number of aromatic nitrogens is 2. The third kappa shape index (κ3) is 4.04. The molecule has 0 spiro atoms. The normalized spacial score (nSPS) is 10.2. The topological polar surface area (TPSA) is 93.2 Å². The molecule has 132 valence electrons. The summed E-state index contributed by atoms with van der Waals surface area (Å²) in [4.78, 5) is 25.0. The van der Waals surface area contributed by atoms with E-state index in [0.717, 1.165) is 5.01 Å². The first kappa shape index (κ1) is 17.6. The third-order valence-corrected chi connectivity index (χ3v) is 4.27. The molecule has 26 heavy (non-hydrogen) atoms. The zero-order valence-corrected chi connectivity index (χ0v) is 15.0. The van der Waals surface area contributed by atoms with Crippen LogP contribution in [0.15, 0.2) is 48.5 Å². The second-order valence-electron chi connectivity index (χ2n) is 5.31. The summed E-state index contributed by atoms with van der Waals surface area (Å²) in [7, 11) is 1.56. The van der Waals surface area contributed by atoms with Gasteiger partial charge in [-0.25, -0.2) is 0 Å². The number of nitrogens with one attached hydrogen (secondary N) is 2. The molecule has 0 radical (unpaired) electrons. The van der Waals surface area contributed by atoms with Gasteiger partial charge in [0, 0.05) is 5.56 Å². The lowest BCUT2D eigenvalue weighted by Crippen LogP contribution is -2.18. The highest BCUT2D eigenvalue weighted by molar-refractivity contribution is 7.15. The van der Waals surface area contributed by atoms with Crippen molar-refractivity contribution in [3.63, 3.8) is 0 Å². The molecule has 3 rings (SSSR count). The van der Waals surface area contributed by atoms with Gasteiger partial charge in [0.25, 0.3) is 11.8 Å². The van der Waals surface area contributed by atoms with E-state index in [2.05, 4.69) is 20.8 Å². The zero-order valence-electron chi connectivity index (χ0n) is 14.1. The number of hydrogen-bond donors (Lipinski definition) is 2. The summed E-state index contributed by atoms with van der Waals surface area (Å²) in [6.45, 7) is 1.80. The van der Waals surface area contributed by atoms with E-state index < -0.39 is 0 Å². The fourth-order valence-electron chi connectivity index (χ4n) is 2.24. The Balaban J connectivity index is 1.77. The summed E-state index contributed by atoms with van der Waals surface area (Å²) in [6.07, 6.45) is 0. The number of nitrogens with zero attached hydrogens (tertiary/aromatic N) is 2. The molecule has 0 aliphatic rings. The summed E-state index contributed by atoms with van der Waals surface area (Å²) >= 11 is 1.28. The smallest absolute Gasteiger partial charge is 0.259 e. The lowest BCUT2D eigenvalue weighted by Gasteiger charge is -2.10. The SMILES string of the molecule is COc1ccc(C(=O)Nc2ccccc2C(=O)Nc2nnc(C)s2)cc1. The van der Waals surface area contributed by atoms with Gasteiger partial charge in [-0.2, -0.15) is 0 Å². The lowest BCUT2D eigenvalue weighted by atomic mass is 10.1. The maximum Gasteiger partial charge on any atom is 0.259 e. The number of carbonyl (C=O) groups excluding carboxylic acids is 2. The Kier molecular flexibility index (Phi) is 5.23. The number of para-hydroxylation sites is 1. The summed E-state index contributed by atoms with van der Waals surface area (Å²) in [5, 5.41) is 14.3. The van der Waals surface area contributed by atoms with Crippen molar-refractivity contribution in [2.45, 2.75) is 6.92 Å². The molecule has 0 saturated carbocycles. The van der Waals surface area contributed by atoms with Crippen LogP contribution in [0.2, 0.25) is 0 Å². The number of ether oxygens (including phenoxy) is 1. The van der Waals surface area contributed by atoms with Crippen LogP contribution in [-0.4, -0.2) is 29.1 Å². The molecule has 2 aromatic carbocycles. The molecular weight excluding hydrogens is 352 g/mol. The fourth-order valence-corrected chi connectivity index (χ4v) is 2.83. The minimum absolute atomic E-state index is 0.320. The molecule has 0 aliphatic heterocycles. The van der Waals surface area contributed by atoms with Gasteiger partial charge in [-0.3, -0.25) is 14.9 Å². The Labute approximate surface area is 154 Å². The highest BCUT2D eigenvalue weighted by atomic mass is 32.1. The fraction of sp³-hybridized carbons (Fsp3) is 0.111. The van der Waals surface area contributed by atoms with E-state index in [-0.39, 0.29) is 11.8 Å². The minimum Gasteiger partial charge on any atom is -0.497 e. The van der Waals surface area contributed by atoms with Gasteiger partial charge in [-0.05, 0) is 43.3 Å². The van der Waals surface area contributed by atoms with E-state index in [4.69, 9.17) is 4.74 Å². The van der Waals surface area contributed by atoms with E-state index in [0.29, 0.717) is 27.7 Å². The highest BCUT2D eigenvalue weighted by Crippen LogP contribution is 2.20. The molecule has 8 heteroatoms. The summed E-state index contributed by atoms with van der Waals surface area (Å²) in [6, 6.07) is 13.5. The molecule has 1 aromatic heterocycles. The molecule has 0 unspecified atom stereocenters. The quantitative estimate of drug-likeness (QED) is 0.720. The molecule has 0 atom stereocenters. The highest BCUT2D eigenvalue weighted by Gasteiger charge is 2.15. The standard InChI is InChI=1S/C18H16N4O3S/c1-11-21-22-18(26-11)20-17(24)14-5-3-4-6-15(14)19-16(23)12-7-9-13(25-2)10-8-12/h3-10H,1-2H3,(H,19,23)(H,20,22,24). The molecule has 0 bridgehead atoms. The number of benzene rings is 2. The number of methoxy groups -OCH3 is 1. The molecule has 7 nitrogen and oxygen atoms in total. The van der Waals surface area contributed by atoms with Crippen molar-refractivity contribution in [3.05, 3.63) is 64.7 Å². The van der Waals surface area contributed by atoms with Crippen molar-refractivity contribution >= 4 is 34.0 Å². The summed E-state index contributed by atoms with van der Waals surface area (Å²) in [5.41, 5.74) is 1.20. The van der Waals surface area contributed by atoms with Crippen LogP contribution >= 0.6 is 11.3 Å². The van der Waals surface area contributed by atoms with Crippen molar-refractivity contribution in [3.8, 4) is 5.75 Å². The molecular formula is C18H16N4O3S. The van der Waals surface area contributed by atoms with Gasteiger partial charge in [0.2, 0.25) is 5.13 Å². The number of carbonyl (C=O) groups is 2. The molecule has 2 N–H and O–H groups in total. The molecule has 0 aliphatic carbocycles. The van der Waals surface area contributed by atoms with Crippen LogP contribution in [0.5, 0.6) is 5.75 Å².